The highest BCUT2D eigenvalue weighted by Crippen LogP contribution is 2.36. The van der Waals surface area contributed by atoms with Crippen LogP contribution in [0.15, 0.2) is 42.9 Å². The standard InChI is InChI=1S/C23H23N5O3/c1-14-8-17(15-6-7-19(30-4)20(9-15)31-5)26-18-12-27(22(29)21(14)18)16-10-25-28(11-16)23(2,3)13-24/h6-12,29H,1-5H3. The topological polar surface area (TPSA) is 98.1 Å². The van der Waals surface area contributed by atoms with E-state index in [1.807, 2.05) is 31.2 Å². The number of nitrogens with zero attached hydrogens (tertiary/aromatic N) is 5. The highest BCUT2D eigenvalue weighted by molar-refractivity contribution is 5.90. The van der Waals surface area contributed by atoms with Crippen molar-refractivity contribution in [1.29, 1.82) is 5.26 Å². The van der Waals surface area contributed by atoms with E-state index in [0.717, 1.165) is 16.8 Å². The predicted octanol–water partition coefficient (Wildman–Crippen LogP) is 4.18. The third-order valence-electron chi connectivity index (χ3n) is 5.32. The second kappa shape index (κ2) is 7.36. The number of ether oxygens (including phenoxy) is 2. The molecule has 1 aromatic carbocycles. The van der Waals surface area contributed by atoms with Crippen molar-refractivity contribution in [1.82, 2.24) is 19.3 Å². The smallest absolute Gasteiger partial charge is 0.205 e. The van der Waals surface area contributed by atoms with Gasteiger partial charge in [-0.3, -0.25) is 9.25 Å². The molecule has 0 saturated heterocycles. The van der Waals surface area contributed by atoms with Gasteiger partial charge in [0.2, 0.25) is 5.88 Å². The molecular formula is C23H23N5O3. The lowest BCUT2D eigenvalue weighted by atomic mass is 10.1. The van der Waals surface area contributed by atoms with E-state index >= 15 is 0 Å². The van der Waals surface area contributed by atoms with Gasteiger partial charge in [0.05, 0.1) is 55.0 Å². The average Bonchev–Trinajstić information content (AvgIpc) is 3.38. The van der Waals surface area contributed by atoms with E-state index in [1.165, 1.54) is 0 Å². The fraction of sp³-hybridized carbons (Fsp3) is 0.261. The Balaban J connectivity index is 1.82. The molecule has 8 nitrogen and oxygen atoms in total. The maximum absolute atomic E-state index is 10.9. The summed E-state index contributed by atoms with van der Waals surface area (Å²) in [6.07, 6.45) is 5.11. The molecule has 0 atom stereocenters. The van der Waals surface area contributed by atoms with Gasteiger partial charge in [0, 0.05) is 11.8 Å². The van der Waals surface area contributed by atoms with Gasteiger partial charge in [0.15, 0.2) is 11.5 Å². The summed E-state index contributed by atoms with van der Waals surface area (Å²) in [6.45, 7) is 5.48. The number of methoxy groups -OCH3 is 2. The number of hydrogen-bond acceptors (Lipinski definition) is 6. The average molecular weight is 417 g/mol. The van der Waals surface area contributed by atoms with Gasteiger partial charge in [-0.15, -0.1) is 0 Å². The normalized spacial score (nSPS) is 11.5. The van der Waals surface area contributed by atoms with Crippen molar-refractivity contribution in [3.05, 3.63) is 48.4 Å². The fourth-order valence-corrected chi connectivity index (χ4v) is 3.52. The molecule has 0 amide bonds. The summed E-state index contributed by atoms with van der Waals surface area (Å²) in [5.41, 5.74) is 3.01. The van der Waals surface area contributed by atoms with E-state index in [4.69, 9.17) is 14.5 Å². The molecule has 3 aromatic heterocycles. The van der Waals surface area contributed by atoms with Crippen molar-refractivity contribution in [2.45, 2.75) is 26.3 Å². The van der Waals surface area contributed by atoms with Crippen LogP contribution in [0.4, 0.5) is 0 Å². The second-order valence-corrected chi connectivity index (χ2v) is 7.79. The number of rotatable bonds is 5. The lowest BCUT2D eigenvalue weighted by molar-refractivity contribution is 0.355. The van der Waals surface area contributed by atoms with Crippen LogP contribution >= 0.6 is 0 Å². The molecule has 0 aliphatic rings. The van der Waals surface area contributed by atoms with E-state index in [2.05, 4.69) is 11.2 Å². The van der Waals surface area contributed by atoms with Crippen LogP contribution < -0.4 is 9.47 Å². The maximum atomic E-state index is 10.9. The summed E-state index contributed by atoms with van der Waals surface area (Å²) in [6, 6.07) is 9.76. The summed E-state index contributed by atoms with van der Waals surface area (Å²) in [5.74, 6) is 1.34. The van der Waals surface area contributed by atoms with E-state index in [9.17, 15) is 10.4 Å². The Hall–Kier alpha value is -3.99. The Morgan fingerprint density at radius 1 is 1.10 bits per heavy atom. The van der Waals surface area contributed by atoms with Crippen molar-refractivity contribution >= 4 is 10.9 Å². The van der Waals surface area contributed by atoms with Gasteiger partial charge >= 0.3 is 0 Å². The lowest BCUT2D eigenvalue weighted by Gasteiger charge is -2.15. The zero-order chi connectivity index (χ0) is 22.3. The molecule has 0 aliphatic heterocycles. The van der Waals surface area contributed by atoms with Crippen LogP contribution in [0.1, 0.15) is 19.4 Å². The van der Waals surface area contributed by atoms with Gasteiger partial charge in [0.1, 0.15) is 5.54 Å². The minimum atomic E-state index is -0.796. The van der Waals surface area contributed by atoms with Crippen LogP contribution in [-0.4, -0.2) is 38.7 Å². The number of aromatic nitrogens is 4. The van der Waals surface area contributed by atoms with Gasteiger partial charge in [-0.2, -0.15) is 10.4 Å². The zero-order valence-corrected chi connectivity index (χ0v) is 18.0. The molecule has 4 aromatic rings. The van der Waals surface area contributed by atoms with Gasteiger partial charge in [-0.05, 0) is 50.6 Å². The molecule has 1 N–H and O–H groups in total. The van der Waals surface area contributed by atoms with Gasteiger partial charge in [-0.1, -0.05) is 0 Å². The number of hydrogen-bond donors (Lipinski definition) is 1. The number of benzene rings is 1. The van der Waals surface area contributed by atoms with E-state index in [-0.39, 0.29) is 5.88 Å². The van der Waals surface area contributed by atoms with Crippen LogP contribution in [-0.2, 0) is 5.54 Å². The van der Waals surface area contributed by atoms with E-state index in [1.54, 1.807) is 55.9 Å². The van der Waals surface area contributed by atoms with Crippen LogP contribution in [0.2, 0.25) is 0 Å². The molecule has 3 heterocycles. The van der Waals surface area contributed by atoms with Crippen molar-refractivity contribution in [3.63, 3.8) is 0 Å². The zero-order valence-electron chi connectivity index (χ0n) is 18.0. The van der Waals surface area contributed by atoms with E-state index in [0.29, 0.717) is 28.1 Å². The second-order valence-electron chi connectivity index (χ2n) is 7.79. The first-order valence-corrected chi connectivity index (χ1v) is 9.70. The van der Waals surface area contributed by atoms with Crippen LogP contribution in [0.3, 0.4) is 0 Å². The molecule has 158 valence electrons. The minimum Gasteiger partial charge on any atom is -0.494 e. The number of fused-ring (bicyclic) bond motifs is 1. The Bertz CT molecular complexity index is 1330. The van der Waals surface area contributed by atoms with Crippen molar-refractivity contribution in [3.8, 4) is 40.4 Å². The number of aromatic hydroxyl groups is 1. The fourth-order valence-electron chi connectivity index (χ4n) is 3.52. The highest BCUT2D eigenvalue weighted by atomic mass is 16.5. The maximum Gasteiger partial charge on any atom is 0.205 e. The Morgan fingerprint density at radius 3 is 2.52 bits per heavy atom. The lowest BCUT2D eigenvalue weighted by Crippen LogP contribution is -2.24. The number of aryl methyl sites for hydroxylation is 1. The summed E-state index contributed by atoms with van der Waals surface area (Å²) < 4.78 is 13.9. The largest absolute Gasteiger partial charge is 0.494 e. The predicted molar refractivity (Wildman–Crippen MR) is 117 cm³/mol. The molecule has 31 heavy (non-hydrogen) atoms. The summed E-state index contributed by atoms with van der Waals surface area (Å²) >= 11 is 0. The van der Waals surface area contributed by atoms with E-state index < -0.39 is 5.54 Å². The number of nitriles is 1. The van der Waals surface area contributed by atoms with Crippen LogP contribution in [0, 0.1) is 18.3 Å². The highest BCUT2D eigenvalue weighted by Gasteiger charge is 2.22. The minimum absolute atomic E-state index is 0.0770. The first kappa shape index (κ1) is 20.3. The summed E-state index contributed by atoms with van der Waals surface area (Å²) in [7, 11) is 3.19. The molecule has 0 aliphatic carbocycles. The quantitative estimate of drug-likeness (QED) is 0.523. The SMILES string of the molecule is COc1ccc(-c2cc(C)c3c(O)n(-c4cnn(C(C)(C)C#N)c4)cc3n2)cc1OC. The molecule has 0 saturated carbocycles. The summed E-state index contributed by atoms with van der Waals surface area (Å²) in [4.78, 5) is 4.76. The first-order valence-electron chi connectivity index (χ1n) is 9.70. The van der Waals surface area contributed by atoms with Crippen molar-refractivity contribution in [2.75, 3.05) is 14.2 Å². The Morgan fingerprint density at radius 2 is 1.84 bits per heavy atom. The first-order chi connectivity index (χ1) is 14.8. The third kappa shape index (κ3) is 3.34. The molecule has 4 rings (SSSR count). The molecule has 0 fully saturated rings. The molecule has 0 bridgehead atoms. The third-order valence-corrected chi connectivity index (χ3v) is 5.32. The molecule has 8 heteroatoms. The Kier molecular flexibility index (Phi) is 4.82. The monoisotopic (exact) mass is 417 g/mol. The van der Waals surface area contributed by atoms with Crippen molar-refractivity contribution < 1.29 is 14.6 Å². The summed E-state index contributed by atoms with van der Waals surface area (Å²) in [5, 5.41) is 25.2. The molecule has 0 unspecified atom stereocenters. The van der Waals surface area contributed by atoms with Gasteiger partial charge in [0.25, 0.3) is 0 Å². The van der Waals surface area contributed by atoms with Crippen LogP contribution in [0.25, 0.3) is 27.8 Å². The Labute approximate surface area is 179 Å². The van der Waals surface area contributed by atoms with Gasteiger partial charge < -0.3 is 14.6 Å². The van der Waals surface area contributed by atoms with Crippen molar-refractivity contribution in [2.24, 2.45) is 0 Å². The van der Waals surface area contributed by atoms with Gasteiger partial charge in [-0.25, -0.2) is 4.98 Å². The molecular weight excluding hydrogens is 394 g/mol. The molecule has 0 spiro atoms. The number of pyridine rings is 1. The molecule has 0 radical (unpaired) electrons. The van der Waals surface area contributed by atoms with Crippen LogP contribution in [0.5, 0.6) is 17.4 Å².